The van der Waals surface area contributed by atoms with Gasteiger partial charge in [0.2, 0.25) is 5.91 Å². The molecule has 0 spiro atoms. The third kappa shape index (κ3) is 4.57. The van der Waals surface area contributed by atoms with Crippen molar-refractivity contribution >= 4 is 11.6 Å². The van der Waals surface area contributed by atoms with E-state index in [-0.39, 0.29) is 18.3 Å². The zero-order chi connectivity index (χ0) is 15.1. The van der Waals surface area contributed by atoms with Crippen LogP contribution in [0.25, 0.3) is 0 Å². The quantitative estimate of drug-likeness (QED) is 0.859. The summed E-state index contributed by atoms with van der Waals surface area (Å²) in [6.45, 7) is 0.406. The van der Waals surface area contributed by atoms with Gasteiger partial charge in [0.15, 0.2) is 0 Å². The third-order valence-electron chi connectivity index (χ3n) is 2.91. The van der Waals surface area contributed by atoms with Crippen LogP contribution in [0, 0.1) is 5.82 Å². The number of amides is 1. The Hall–Kier alpha value is -2.40. The largest absolute Gasteiger partial charge is 0.497 e. The predicted molar refractivity (Wildman–Crippen MR) is 79.7 cm³/mol. The van der Waals surface area contributed by atoms with Crippen molar-refractivity contribution in [2.75, 3.05) is 19.0 Å². The van der Waals surface area contributed by atoms with Gasteiger partial charge in [-0.1, -0.05) is 24.3 Å². The summed E-state index contributed by atoms with van der Waals surface area (Å²) < 4.78 is 18.5. The Morgan fingerprint density at radius 3 is 2.76 bits per heavy atom. The lowest BCUT2D eigenvalue weighted by Crippen LogP contribution is -2.28. The van der Waals surface area contributed by atoms with Crippen LogP contribution in [0.5, 0.6) is 5.75 Å². The van der Waals surface area contributed by atoms with E-state index in [9.17, 15) is 9.18 Å². The summed E-state index contributed by atoms with van der Waals surface area (Å²) in [6, 6.07) is 13.6. The van der Waals surface area contributed by atoms with Crippen molar-refractivity contribution < 1.29 is 13.9 Å². The molecule has 4 nitrogen and oxygen atoms in total. The summed E-state index contributed by atoms with van der Waals surface area (Å²) in [5.41, 5.74) is 1.19. The Balaban J connectivity index is 1.81. The summed E-state index contributed by atoms with van der Waals surface area (Å²) in [4.78, 5) is 11.8. The number of methoxy groups -OCH3 is 1. The molecule has 0 fully saturated rings. The molecule has 2 rings (SSSR count). The molecule has 0 radical (unpaired) electrons. The highest BCUT2D eigenvalue weighted by Crippen LogP contribution is 2.16. The molecule has 0 aliphatic rings. The topological polar surface area (TPSA) is 50.4 Å². The molecular formula is C16H17FN2O2. The highest BCUT2D eigenvalue weighted by Gasteiger charge is 2.04. The fourth-order valence-corrected chi connectivity index (χ4v) is 1.86. The molecule has 0 atom stereocenters. The van der Waals surface area contributed by atoms with Crippen molar-refractivity contribution in [3.63, 3.8) is 0 Å². The van der Waals surface area contributed by atoms with E-state index in [4.69, 9.17) is 4.74 Å². The Labute approximate surface area is 122 Å². The van der Waals surface area contributed by atoms with Gasteiger partial charge in [0.1, 0.15) is 11.6 Å². The predicted octanol–water partition coefficient (Wildman–Crippen LogP) is 2.56. The second-order valence-corrected chi connectivity index (χ2v) is 4.48. The minimum absolute atomic E-state index is 0.103. The number of carbonyl (C=O) groups is 1. The molecule has 21 heavy (non-hydrogen) atoms. The molecule has 0 aliphatic carbocycles. The van der Waals surface area contributed by atoms with Crippen LogP contribution in [0.15, 0.2) is 48.5 Å². The van der Waals surface area contributed by atoms with Crippen LogP contribution < -0.4 is 15.4 Å². The van der Waals surface area contributed by atoms with Gasteiger partial charge in [-0.2, -0.15) is 0 Å². The number of rotatable bonds is 6. The maximum Gasteiger partial charge on any atom is 0.238 e. The lowest BCUT2D eigenvalue weighted by Gasteiger charge is -2.08. The second-order valence-electron chi connectivity index (χ2n) is 4.48. The average molecular weight is 288 g/mol. The molecular weight excluding hydrogens is 271 g/mol. The Morgan fingerprint density at radius 1 is 1.19 bits per heavy atom. The van der Waals surface area contributed by atoms with Gasteiger partial charge in [-0.25, -0.2) is 4.39 Å². The molecule has 0 saturated heterocycles. The van der Waals surface area contributed by atoms with E-state index < -0.39 is 0 Å². The van der Waals surface area contributed by atoms with Gasteiger partial charge in [-0.3, -0.25) is 4.79 Å². The van der Waals surface area contributed by atoms with Crippen molar-refractivity contribution in [1.82, 2.24) is 5.32 Å². The molecule has 2 aromatic carbocycles. The van der Waals surface area contributed by atoms with Gasteiger partial charge in [-0.05, 0) is 18.2 Å². The maximum absolute atomic E-state index is 13.4. The summed E-state index contributed by atoms with van der Waals surface area (Å²) in [7, 11) is 1.57. The molecule has 5 heteroatoms. The summed E-state index contributed by atoms with van der Waals surface area (Å²) in [5, 5.41) is 5.65. The molecule has 2 N–H and O–H groups in total. The number of hydrogen-bond acceptors (Lipinski definition) is 3. The average Bonchev–Trinajstić information content (AvgIpc) is 2.49. The van der Waals surface area contributed by atoms with E-state index in [0.29, 0.717) is 23.5 Å². The summed E-state index contributed by atoms with van der Waals surface area (Å²) in [5.74, 6) is 0.199. The molecule has 2 aromatic rings. The third-order valence-corrected chi connectivity index (χ3v) is 2.91. The number of anilines is 1. The van der Waals surface area contributed by atoms with Crippen LogP contribution in [-0.4, -0.2) is 19.6 Å². The zero-order valence-electron chi connectivity index (χ0n) is 11.7. The SMILES string of the molecule is COc1cccc(NC(=O)CNCc2ccccc2F)c1. The van der Waals surface area contributed by atoms with E-state index in [1.807, 2.05) is 0 Å². The van der Waals surface area contributed by atoms with E-state index in [2.05, 4.69) is 10.6 Å². The van der Waals surface area contributed by atoms with E-state index in [0.717, 1.165) is 0 Å². The highest BCUT2D eigenvalue weighted by molar-refractivity contribution is 5.92. The maximum atomic E-state index is 13.4. The molecule has 0 heterocycles. The minimum Gasteiger partial charge on any atom is -0.497 e. The minimum atomic E-state index is -0.279. The lowest BCUT2D eigenvalue weighted by atomic mass is 10.2. The highest BCUT2D eigenvalue weighted by atomic mass is 19.1. The Kier molecular flexibility index (Phi) is 5.29. The van der Waals surface area contributed by atoms with Gasteiger partial charge < -0.3 is 15.4 Å². The molecule has 110 valence electrons. The van der Waals surface area contributed by atoms with Crippen LogP contribution in [0.3, 0.4) is 0 Å². The summed E-state index contributed by atoms with van der Waals surface area (Å²) in [6.07, 6.45) is 0. The first-order valence-electron chi connectivity index (χ1n) is 6.57. The molecule has 0 aliphatic heterocycles. The Morgan fingerprint density at radius 2 is 2.00 bits per heavy atom. The molecule has 0 saturated carbocycles. The first kappa shape index (κ1) is 15.0. The first-order chi connectivity index (χ1) is 10.2. The van der Waals surface area contributed by atoms with Crippen LogP contribution in [0.4, 0.5) is 10.1 Å². The lowest BCUT2D eigenvalue weighted by molar-refractivity contribution is -0.115. The smallest absolute Gasteiger partial charge is 0.238 e. The second kappa shape index (κ2) is 7.40. The monoisotopic (exact) mass is 288 g/mol. The van der Waals surface area contributed by atoms with Gasteiger partial charge in [0, 0.05) is 23.9 Å². The standard InChI is InChI=1S/C16H17FN2O2/c1-21-14-7-4-6-13(9-14)19-16(20)11-18-10-12-5-2-3-8-15(12)17/h2-9,18H,10-11H2,1H3,(H,19,20). The summed E-state index contributed by atoms with van der Waals surface area (Å²) >= 11 is 0. The fourth-order valence-electron chi connectivity index (χ4n) is 1.86. The van der Waals surface area contributed by atoms with Gasteiger partial charge in [-0.15, -0.1) is 0 Å². The number of nitrogens with one attached hydrogen (secondary N) is 2. The van der Waals surface area contributed by atoms with Crippen LogP contribution in [0.1, 0.15) is 5.56 Å². The molecule has 0 unspecified atom stereocenters. The van der Waals surface area contributed by atoms with Crippen LogP contribution in [-0.2, 0) is 11.3 Å². The van der Waals surface area contributed by atoms with Crippen molar-refractivity contribution in [3.8, 4) is 5.75 Å². The van der Waals surface area contributed by atoms with Gasteiger partial charge >= 0.3 is 0 Å². The molecule has 1 amide bonds. The normalized spacial score (nSPS) is 10.2. The molecule has 0 bridgehead atoms. The number of hydrogen-bond donors (Lipinski definition) is 2. The first-order valence-corrected chi connectivity index (χ1v) is 6.57. The van der Waals surface area contributed by atoms with Gasteiger partial charge in [0.25, 0.3) is 0 Å². The van der Waals surface area contributed by atoms with Gasteiger partial charge in [0.05, 0.1) is 13.7 Å². The zero-order valence-corrected chi connectivity index (χ0v) is 11.7. The Bertz CT molecular complexity index is 617. The van der Waals surface area contributed by atoms with Crippen molar-refractivity contribution in [2.24, 2.45) is 0 Å². The van der Waals surface area contributed by atoms with Crippen LogP contribution in [0.2, 0.25) is 0 Å². The van der Waals surface area contributed by atoms with Crippen molar-refractivity contribution in [3.05, 3.63) is 59.9 Å². The number of halogens is 1. The van der Waals surface area contributed by atoms with Crippen molar-refractivity contribution in [2.45, 2.75) is 6.54 Å². The number of benzene rings is 2. The molecule has 0 aromatic heterocycles. The fraction of sp³-hybridized carbons (Fsp3) is 0.188. The van der Waals surface area contributed by atoms with E-state index in [1.165, 1.54) is 6.07 Å². The van der Waals surface area contributed by atoms with Crippen LogP contribution >= 0.6 is 0 Å². The number of ether oxygens (including phenoxy) is 1. The van der Waals surface area contributed by atoms with Crippen molar-refractivity contribution in [1.29, 1.82) is 0 Å². The van der Waals surface area contributed by atoms with E-state index >= 15 is 0 Å². The number of carbonyl (C=O) groups excluding carboxylic acids is 1. The van der Waals surface area contributed by atoms with E-state index in [1.54, 1.807) is 49.6 Å².